The van der Waals surface area contributed by atoms with Crippen LogP contribution in [-0.2, 0) is 9.53 Å². The molecule has 2 unspecified atom stereocenters. The summed E-state index contributed by atoms with van der Waals surface area (Å²) >= 11 is 0. The largest absolute Gasteiger partial charge is 0.459 e. The van der Waals surface area contributed by atoms with Gasteiger partial charge in [-0.05, 0) is 58.3 Å². The summed E-state index contributed by atoms with van der Waals surface area (Å²) in [6.07, 6.45) is 3.84. The zero-order chi connectivity index (χ0) is 13.0. The topological polar surface area (TPSA) is 46.5 Å². The minimum Gasteiger partial charge on any atom is -0.459 e. The second-order valence-electron chi connectivity index (χ2n) is 5.31. The van der Waals surface area contributed by atoms with Gasteiger partial charge in [0, 0.05) is 5.57 Å². The summed E-state index contributed by atoms with van der Waals surface area (Å²) in [7, 11) is 0. The lowest BCUT2D eigenvalue weighted by Gasteiger charge is -2.33. The molecule has 0 aromatic carbocycles. The van der Waals surface area contributed by atoms with Gasteiger partial charge < -0.3 is 9.84 Å². The molecular weight excluding hydrogens is 216 g/mol. The average Bonchev–Trinajstić information content (AvgIpc) is 2.28. The molecule has 0 aromatic rings. The maximum absolute atomic E-state index is 11.4. The molecule has 0 spiro atoms. The van der Waals surface area contributed by atoms with E-state index in [1.54, 1.807) is 6.92 Å². The van der Waals surface area contributed by atoms with E-state index < -0.39 is 0 Å². The molecule has 0 heterocycles. The number of esters is 1. The van der Waals surface area contributed by atoms with Gasteiger partial charge in [-0.1, -0.05) is 6.58 Å². The number of hydrogen-bond acceptors (Lipinski definition) is 3. The number of carbonyl (C=O) groups excluding carboxylic acids is 1. The van der Waals surface area contributed by atoms with Crippen LogP contribution in [0.3, 0.4) is 0 Å². The molecule has 98 valence electrons. The molecule has 1 fully saturated rings. The number of rotatable bonds is 4. The first kappa shape index (κ1) is 14.2. The summed E-state index contributed by atoms with van der Waals surface area (Å²) in [6, 6.07) is 0. The van der Waals surface area contributed by atoms with Crippen LogP contribution in [0.4, 0.5) is 0 Å². The fraction of sp³-hybridized carbons (Fsp3) is 0.786. The van der Waals surface area contributed by atoms with Crippen molar-refractivity contribution in [3.05, 3.63) is 12.2 Å². The highest BCUT2D eigenvalue weighted by atomic mass is 16.5. The second kappa shape index (κ2) is 6.20. The van der Waals surface area contributed by atoms with E-state index in [1.165, 1.54) is 0 Å². The summed E-state index contributed by atoms with van der Waals surface area (Å²) in [6.45, 7) is 9.06. The van der Waals surface area contributed by atoms with E-state index >= 15 is 0 Å². The Morgan fingerprint density at radius 1 is 1.24 bits per heavy atom. The van der Waals surface area contributed by atoms with Crippen molar-refractivity contribution in [1.29, 1.82) is 0 Å². The molecule has 1 N–H and O–H groups in total. The summed E-state index contributed by atoms with van der Waals surface area (Å²) < 4.78 is 5.35. The van der Waals surface area contributed by atoms with Crippen LogP contribution < -0.4 is 0 Å². The third kappa shape index (κ3) is 4.15. The molecule has 0 aliphatic heterocycles. The Morgan fingerprint density at radius 2 is 1.71 bits per heavy atom. The lowest BCUT2D eigenvalue weighted by atomic mass is 9.78. The van der Waals surface area contributed by atoms with E-state index in [0.29, 0.717) is 17.4 Å². The number of aliphatic hydroxyl groups excluding tert-OH is 1. The van der Waals surface area contributed by atoms with Gasteiger partial charge in [0.05, 0.1) is 6.10 Å². The zero-order valence-corrected chi connectivity index (χ0v) is 11.1. The van der Waals surface area contributed by atoms with Crippen molar-refractivity contribution in [1.82, 2.24) is 0 Å². The first-order chi connectivity index (χ1) is 7.91. The Hall–Kier alpha value is -0.830. The van der Waals surface area contributed by atoms with Gasteiger partial charge in [-0.15, -0.1) is 0 Å². The van der Waals surface area contributed by atoms with Gasteiger partial charge >= 0.3 is 5.97 Å². The van der Waals surface area contributed by atoms with Crippen molar-refractivity contribution >= 4 is 5.97 Å². The number of carbonyl (C=O) groups is 1. The molecule has 3 nitrogen and oxygen atoms in total. The molecule has 1 aliphatic carbocycles. The maximum Gasteiger partial charge on any atom is 0.333 e. The monoisotopic (exact) mass is 240 g/mol. The number of ether oxygens (including phenoxy) is 1. The molecule has 17 heavy (non-hydrogen) atoms. The highest BCUT2D eigenvalue weighted by Crippen LogP contribution is 2.33. The van der Waals surface area contributed by atoms with Gasteiger partial charge in [0.25, 0.3) is 0 Å². The average molecular weight is 240 g/mol. The van der Waals surface area contributed by atoms with Crippen molar-refractivity contribution in [3.63, 3.8) is 0 Å². The van der Waals surface area contributed by atoms with E-state index in [9.17, 15) is 9.90 Å². The predicted molar refractivity (Wildman–Crippen MR) is 67.5 cm³/mol. The highest BCUT2D eigenvalue weighted by molar-refractivity contribution is 5.87. The van der Waals surface area contributed by atoms with Crippen LogP contribution in [0.5, 0.6) is 0 Å². The van der Waals surface area contributed by atoms with Crippen LogP contribution in [-0.4, -0.2) is 23.3 Å². The van der Waals surface area contributed by atoms with Gasteiger partial charge in [-0.3, -0.25) is 0 Å². The van der Waals surface area contributed by atoms with Crippen LogP contribution in [0.2, 0.25) is 0 Å². The predicted octanol–water partition coefficient (Wildman–Crippen LogP) is 2.68. The lowest BCUT2D eigenvalue weighted by Crippen LogP contribution is -2.30. The highest BCUT2D eigenvalue weighted by Gasteiger charge is 2.29. The minimum atomic E-state index is -0.296. The fourth-order valence-corrected chi connectivity index (χ4v) is 2.46. The van der Waals surface area contributed by atoms with Crippen LogP contribution in [0.25, 0.3) is 0 Å². The smallest absolute Gasteiger partial charge is 0.333 e. The zero-order valence-electron chi connectivity index (χ0n) is 11.1. The Kier molecular flexibility index (Phi) is 5.19. The summed E-state index contributed by atoms with van der Waals surface area (Å²) in [4.78, 5) is 11.4. The maximum atomic E-state index is 11.4. The first-order valence-electron chi connectivity index (χ1n) is 6.46. The van der Waals surface area contributed by atoms with Gasteiger partial charge in [0.2, 0.25) is 0 Å². The third-order valence-electron chi connectivity index (χ3n) is 3.80. The minimum absolute atomic E-state index is 0.0471. The standard InChI is InChI=1S/C14H24O3/c1-9(2)14(16)17-11(4)13-7-5-12(6-8-13)10(3)15/h10-13,15H,1,5-8H2,2-4H3. The van der Waals surface area contributed by atoms with Crippen molar-refractivity contribution in [3.8, 4) is 0 Å². The van der Waals surface area contributed by atoms with E-state index in [0.717, 1.165) is 25.7 Å². The molecular formula is C14H24O3. The number of hydrogen-bond donors (Lipinski definition) is 1. The Bertz CT molecular complexity index is 275. The van der Waals surface area contributed by atoms with Gasteiger partial charge in [0.1, 0.15) is 6.10 Å². The quantitative estimate of drug-likeness (QED) is 0.607. The summed E-state index contributed by atoms with van der Waals surface area (Å²) in [5.41, 5.74) is 0.453. The van der Waals surface area contributed by atoms with Crippen LogP contribution in [0.15, 0.2) is 12.2 Å². The van der Waals surface area contributed by atoms with Crippen LogP contribution in [0.1, 0.15) is 46.5 Å². The van der Waals surface area contributed by atoms with Crippen molar-refractivity contribution in [2.45, 2.75) is 58.7 Å². The van der Waals surface area contributed by atoms with Crippen LogP contribution >= 0.6 is 0 Å². The van der Waals surface area contributed by atoms with Gasteiger partial charge in [0.15, 0.2) is 0 Å². The van der Waals surface area contributed by atoms with Crippen molar-refractivity contribution in [2.75, 3.05) is 0 Å². The normalized spacial score (nSPS) is 28.2. The molecule has 0 saturated heterocycles. The van der Waals surface area contributed by atoms with E-state index in [4.69, 9.17) is 4.74 Å². The van der Waals surface area contributed by atoms with Gasteiger partial charge in [-0.25, -0.2) is 4.79 Å². The van der Waals surface area contributed by atoms with Crippen molar-refractivity contribution < 1.29 is 14.6 Å². The van der Waals surface area contributed by atoms with E-state index in [-0.39, 0.29) is 18.2 Å². The molecule has 1 aliphatic rings. The van der Waals surface area contributed by atoms with Gasteiger partial charge in [-0.2, -0.15) is 0 Å². The fourth-order valence-electron chi connectivity index (χ4n) is 2.46. The van der Waals surface area contributed by atoms with E-state index in [2.05, 4.69) is 6.58 Å². The van der Waals surface area contributed by atoms with E-state index in [1.807, 2.05) is 13.8 Å². The Labute approximate surface area is 104 Å². The summed E-state index contributed by atoms with van der Waals surface area (Å²) in [5, 5.41) is 9.52. The molecule has 0 bridgehead atoms. The molecule has 2 atom stereocenters. The number of aliphatic hydroxyl groups is 1. The SMILES string of the molecule is C=C(C)C(=O)OC(C)C1CCC(C(C)O)CC1. The molecule has 0 radical (unpaired) electrons. The molecule has 0 amide bonds. The Balaban J connectivity index is 2.38. The molecule has 1 rings (SSSR count). The first-order valence-corrected chi connectivity index (χ1v) is 6.46. The Morgan fingerprint density at radius 3 is 2.12 bits per heavy atom. The summed E-state index contributed by atoms with van der Waals surface area (Å²) in [5.74, 6) is 0.541. The van der Waals surface area contributed by atoms with Crippen LogP contribution in [0, 0.1) is 11.8 Å². The third-order valence-corrected chi connectivity index (χ3v) is 3.80. The lowest BCUT2D eigenvalue weighted by molar-refractivity contribution is -0.146. The van der Waals surface area contributed by atoms with Crippen molar-refractivity contribution in [2.24, 2.45) is 11.8 Å². The molecule has 3 heteroatoms. The molecule has 0 aromatic heterocycles. The molecule has 1 saturated carbocycles. The second-order valence-corrected chi connectivity index (χ2v) is 5.31.